The van der Waals surface area contributed by atoms with Crippen molar-refractivity contribution in [3.8, 4) is 0 Å². The maximum Gasteiger partial charge on any atom is 0.472 e. The van der Waals surface area contributed by atoms with Crippen LogP contribution in [0.2, 0.25) is 0 Å². The fourth-order valence-electron chi connectivity index (χ4n) is 6.12. The first-order valence-electron chi connectivity index (χ1n) is 22.1. The summed E-state index contributed by atoms with van der Waals surface area (Å²) in [6.45, 7) is 2.80. The van der Waals surface area contributed by atoms with Gasteiger partial charge in [0.15, 0.2) is 6.10 Å². The first kappa shape index (κ1) is 57.2. The topological polar surface area (TPSA) is 270 Å². The number of ether oxygens (including phenoxy) is 2. The molecule has 0 aromatic rings. The summed E-state index contributed by atoms with van der Waals surface area (Å²) in [4.78, 5) is 35.7. The third-order valence-electron chi connectivity index (χ3n) is 9.87. The van der Waals surface area contributed by atoms with E-state index in [1.807, 2.05) is 0 Å². The lowest BCUT2D eigenvalue weighted by Gasteiger charge is -2.41. The van der Waals surface area contributed by atoms with Crippen molar-refractivity contribution in [1.82, 2.24) is 0 Å². The third kappa shape index (κ3) is 26.7. The van der Waals surface area contributed by atoms with E-state index in [0.717, 1.165) is 70.6 Å². The van der Waals surface area contributed by atoms with E-state index in [1.165, 1.54) is 6.08 Å². The van der Waals surface area contributed by atoms with Crippen molar-refractivity contribution in [3.05, 3.63) is 72.9 Å². The number of aliphatic hydroxyl groups excluding tert-OH is 8. The molecule has 1 rings (SSSR count). The van der Waals surface area contributed by atoms with Gasteiger partial charge < -0.3 is 55.2 Å². The number of phosphoric acid groups is 1. The summed E-state index contributed by atoms with van der Waals surface area (Å²) in [5.41, 5.74) is 0. The Morgan fingerprint density at radius 2 is 1.19 bits per heavy atom. The zero-order chi connectivity index (χ0) is 46.2. The monoisotopic (exact) mass is 902 g/mol. The summed E-state index contributed by atoms with van der Waals surface area (Å²) >= 11 is 0. The fourth-order valence-corrected chi connectivity index (χ4v) is 7.09. The van der Waals surface area contributed by atoms with Gasteiger partial charge in [0.05, 0.1) is 24.9 Å². The molecule has 0 heterocycles. The van der Waals surface area contributed by atoms with Crippen molar-refractivity contribution in [3.63, 3.8) is 0 Å². The van der Waals surface area contributed by atoms with Crippen molar-refractivity contribution in [2.24, 2.45) is 0 Å². The molecule has 0 aromatic heterocycles. The van der Waals surface area contributed by atoms with Gasteiger partial charge in [-0.1, -0.05) is 132 Å². The van der Waals surface area contributed by atoms with E-state index in [0.29, 0.717) is 12.8 Å². The standard InChI is InChI=1S/C45H75O16P/c1-3-5-7-8-9-10-11-12-13-14-15-20-24-30-38(49)58-32-35(33-59-62(56,57)61-45-43(54)41(52)40(51)42(53)44(45)55)60-39(50)31-25-29-37(48)36(47)28-23-19-17-16-18-22-27-34(46)26-21-6-4-2/h7-8,10-11,16-19,22-23,27-28,34-37,40-48,51-55H,3-6,9,12-15,20-21,24-26,29-33H2,1-2H3,(H,56,57)/b8-7-,11-10-,18-16-,19-17+,27-22+,28-23+/t34-,35+,36-,37-,40?,41-,42+,43+,44+,45?/m0/s1. The predicted molar refractivity (Wildman–Crippen MR) is 234 cm³/mol. The van der Waals surface area contributed by atoms with E-state index < -0.39 is 94.0 Å². The van der Waals surface area contributed by atoms with E-state index in [4.69, 9.17) is 18.5 Å². The average Bonchev–Trinajstić information content (AvgIpc) is 3.24. The Labute approximate surface area is 367 Å². The summed E-state index contributed by atoms with van der Waals surface area (Å²) in [5, 5.41) is 80.7. The minimum absolute atomic E-state index is 0.00268. The van der Waals surface area contributed by atoms with Crippen LogP contribution >= 0.6 is 7.82 Å². The van der Waals surface area contributed by atoms with Gasteiger partial charge in [-0.2, -0.15) is 0 Å². The Hall–Kier alpha value is -2.83. The Balaban J connectivity index is 2.66. The number of carbonyl (C=O) groups is 2. The SMILES string of the molecule is CCC/C=C\C/C=C\CCCCCCCC(=O)OC[C@H](COP(=O)(O)OC1[C@H](O)[C@H](O)C(O)[C@H](O)[C@H]1O)OC(=O)CCC[C@H](O)[C@@H](O)/C=C/C=C/C=C\C=C\[C@@H](O)CCCCC. The quantitative estimate of drug-likeness (QED) is 0.0137. The molecule has 11 atom stereocenters. The molecule has 17 heteroatoms. The lowest BCUT2D eigenvalue weighted by molar-refractivity contribution is -0.220. The van der Waals surface area contributed by atoms with E-state index in [9.17, 15) is 59.9 Å². The highest BCUT2D eigenvalue weighted by molar-refractivity contribution is 7.47. The van der Waals surface area contributed by atoms with Crippen LogP contribution in [0, 0.1) is 0 Å². The van der Waals surface area contributed by atoms with Crippen LogP contribution in [-0.2, 0) is 32.7 Å². The number of aliphatic hydroxyl groups is 8. The molecule has 0 amide bonds. The molecule has 1 aliphatic rings. The van der Waals surface area contributed by atoms with E-state index in [-0.39, 0.29) is 25.7 Å². The smallest absolute Gasteiger partial charge is 0.462 e. The van der Waals surface area contributed by atoms with Gasteiger partial charge in [-0.15, -0.1) is 0 Å². The van der Waals surface area contributed by atoms with Crippen LogP contribution in [0.5, 0.6) is 0 Å². The van der Waals surface area contributed by atoms with Crippen LogP contribution < -0.4 is 0 Å². The van der Waals surface area contributed by atoms with Gasteiger partial charge in [0.1, 0.15) is 43.2 Å². The average molecular weight is 903 g/mol. The molecule has 1 saturated carbocycles. The van der Waals surface area contributed by atoms with Crippen molar-refractivity contribution < 1.29 is 78.4 Å². The molecule has 0 aromatic carbocycles. The molecule has 0 aliphatic heterocycles. The van der Waals surface area contributed by atoms with Gasteiger partial charge in [0, 0.05) is 12.8 Å². The lowest BCUT2D eigenvalue weighted by atomic mass is 9.85. The van der Waals surface area contributed by atoms with E-state index >= 15 is 0 Å². The first-order valence-corrected chi connectivity index (χ1v) is 23.6. The highest BCUT2D eigenvalue weighted by Crippen LogP contribution is 2.47. The summed E-state index contributed by atoms with van der Waals surface area (Å²) in [6.07, 6.45) is 17.3. The summed E-state index contributed by atoms with van der Waals surface area (Å²) in [6, 6.07) is 0. The van der Waals surface area contributed by atoms with Gasteiger partial charge in [-0.25, -0.2) is 4.57 Å². The maximum absolute atomic E-state index is 12.8. The van der Waals surface area contributed by atoms with E-state index in [1.54, 1.807) is 42.5 Å². The Morgan fingerprint density at radius 3 is 1.85 bits per heavy atom. The second-order valence-corrected chi connectivity index (χ2v) is 16.8. The minimum atomic E-state index is -5.22. The lowest BCUT2D eigenvalue weighted by Crippen LogP contribution is -2.64. The Bertz CT molecular complexity index is 1410. The first-order chi connectivity index (χ1) is 29.6. The second-order valence-electron chi connectivity index (χ2n) is 15.4. The number of unbranched alkanes of at least 4 members (excludes halogenated alkanes) is 8. The molecule has 356 valence electrons. The molecule has 3 unspecified atom stereocenters. The van der Waals surface area contributed by atoms with Crippen LogP contribution in [0.3, 0.4) is 0 Å². The number of rotatable bonds is 34. The minimum Gasteiger partial charge on any atom is -0.462 e. The maximum atomic E-state index is 12.8. The molecule has 9 N–H and O–H groups in total. The number of carbonyl (C=O) groups excluding carboxylic acids is 2. The highest BCUT2D eigenvalue weighted by Gasteiger charge is 2.51. The fraction of sp³-hybridized carbons (Fsp3) is 0.689. The molecule has 62 heavy (non-hydrogen) atoms. The molecule has 0 saturated heterocycles. The molecule has 0 radical (unpaired) electrons. The van der Waals surface area contributed by atoms with Crippen molar-refractivity contribution in [1.29, 1.82) is 0 Å². The molecule has 1 aliphatic carbocycles. The Kier molecular flexibility index (Phi) is 31.9. The van der Waals surface area contributed by atoms with Gasteiger partial charge in [0.2, 0.25) is 0 Å². The highest BCUT2D eigenvalue weighted by atomic mass is 31.2. The summed E-state index contributed by atoms with van der Waals surface area (Å²) in [5.74, 6) is -1.46. The zero-order valence-electron chi connectivity index (χ0n) is 36.5. The van der Waals surface area contributed by atoms with Crippen molar-refractivity contribution >= 4 is 19.8 Å². The summed E-state index contributed by atoms with van der Waals surface area (Å²) < 4.78 is 33.2. The summed E-state index contributed by atoms with van der Waals surface area (Å²) in [7, 11) is -5.22. The number of allylic oxidation sites excluding steroid dienone is 10. The Morgan fingerprint density at radius 1 is 0.613 bits per heavy atom. The van der Waals surface area contributed by atoms with E-state index in [2.05, 4.69) is 38.2 Å². The van der Waals surface area contributed by atoms with Gasteiger partial charge in [-0.3, -0.25) is 18.6 Å². The van der Waals surface area contributed by atoms with Crippen LogP contribution in [0.15, 0.2) is 72.9 Å². The van der Waals surface area contributed by atoms with Gasteiger partial charge in [0.25, 0.3) is 0 Å². The zero-order valence-corrected chi connectivity index (χ0v) is 37.4. The molecule has 1 fully saturated rings. The van der Waals surface area contributed by atoms with Gasteiger partial charge >= 0.3 is 19.8 Å². The number of phosphoric ester groups is 1. The van der Waals surface area contributed by atoms with Crippen molar-refractivity contribution in [2.45, 2.75) is 184 Å². The van der Waals surface area contributed by atoms with Crippen molar-refractivity contribution in [2.75, 3.05) is 13.2 Å². The predicted octanol–water partition coefficient (Wildman–Crippen LogP) is 4.85. The molecule has 16 nitrogen and oxygen atoms in total. The van der Waals surface area contributed by atoms with Crippen LogP contribution in [0.25, 0.3) is 0 Å². The number of hydrogen-bond donors (Lipinski definition) is 9. The largest absolute Gasteiger partial charge is 0.472 e. The molecule has 0 bridgehead atoms. The second kappa shape index (κ2) is 34.6. The van der Waals surface area contributed by atoms with Crippen LogP contribution in [0.4, 0.5) is 0 Å². The number of esters is 2. The normalized spacial score (nSPS) is 24.1. The number of hydrogen-bond acceptors (Lipinski definition) is 15. The van der Waals surface area contributed by atoms with Gasteiger partial charge in [-0.05, 0) is 51.4 Å². The van der Waals surface area contributed by atoms with Crippen LogP contribution in [-0.4, -0.2) is 132 Å². The third-order valence-corrected chi connectivity index (χ3v) is 10.9. The molecular formula is C45H75O16P. The molecule has 0 spiro atoms. The molecular weight excluding hydrogens is 827 g/mol. The van der Waals surface area contributed by atoms with Crippen LogP contribution in [0.1, 0.15) is 123 Å².